The van der Waals surface area contributed by atoms with Crippen molar-refractivity contribution in [3.8, 4) is 16.8 Å². The van der Waals surface area contributed by atoms with Gasteiger partial charge < -0.3 is 9.13 Å². The van der Waals surface area contributed by atoms with Crippen LogP contribution >= 0.6 is 7.14 Å². The smallest absolute Gasteiger partial charge is 0.188 e. The fraction of sp³-hybridized carbons (Fsp3) is 0.0200. The summed E-state index contributed by atoms with van der Waals surface area (Å²) in [4.78, 5) is 3.82. The van der Waals surface area contributed by atoms with Gasteiger partial charge in [-0.3, -0.25) is 0 Å². The fourth-order valence-electron chi connectivity index (χ4n) is 8.84. The molecule has 1 aliphatic rings. The predicted molar refractivity (Wildman–Crippen MR) is 224 cm³/mol. The number of benzene rings is 8. The minimum Gasteiger partial charge on any atom is -0.309 e. The average Bonchev–Trinajstić information content (AvgIpc) is 3.74. The predicted octanol–water partition coefficient (Wildman–Crippen LogP) is 11.3. The van der Waals surface area contributed by atoms with E-state index in [9.17, 15) is 0 Å². The summed E-state index contributed by atoms with van der Waals surface area (Å²) < 4.78 is 17.7. The summed E-state index contributed by atoms with van der Waals surface area (Å²) in [5.41, 5.74) is 10.2. The number of aromatic nitrogens is 1. The van der Waals surface area contributed by atoms with Crippen LogP contribution in [-0.4, -0.2) is 4.57 Å². The highest BCUT2D eigenvalue weighted by Gasteiger charge is 2.46. The number of hydrogen-bond donors (Lipinski definition) is 0. The molecule has 8 aromatic carbocycles. The third kappa shape index (κ3) is 4.58. The molecule has 0 radical (unpaired) electrons. The summed E-state index contributed by atoms with van der Waals surface area (Å²) in [5.74, 6) is 0. The van der Waals surface area contributed by atoms with Crippen molar-refractivity contribution in [2.75, 3.05) is 0 Å². The molecule has 54 heavy (non-hydrogen) atoms. The van der Waals surface area contributed by atoms with Crippen LogP contribution in [0.2, 0.25) is 0 Å². The first-order valence-electron chi connectivity index (χ1n) is 18.2. The van der Waals surface area contributed by atoms with E-state index >= 15 is 4.57 Å². The van der Waals surface area contributed by atoms with E-state index in [1.807, 2.05) is 78.9 Å². The Bertz CT molecular complexity index is 2870. The Morgan fingerprint density at radius 1 is 0.463 bits per heavy atom. The highest BCUT2D eigenvalue weighted by atomic mass is 31.2. The van der Waals surface area contributed by atoms with Gasteiger partial charge in [0.1, 0.15) is 0 Å². The van der Waals surface area contributed by atoms with Crippen molar-refractivity contribution in [3.63, 3.8) is 0 Å². The fourth-order valence-corrected chi connectivity index (χ4v) is 11.5. The molecule has 0 unspecified atom stereocenters. The van der Waals surface area contributed by atoms with Gasteiger partial charge in [-0.25, -0.2) is 4.85 Å². The first-order chi connectivity index (χ1) is 26.6. The molecular weight excluding hydrogens is 676 g/mol. The summed E-state index contributed by atoms with van der Waals surface area (Å²) in [5, 5.41) is 4.56. The number of rotatable bonds is 6. The summed E-state index contributed by atoms with van der Waals surface area (Å²) >= 11 is 0. The van der Waals surface area contributed by atoms with Crippen molar-refractivity contribution in [3.05, 3.63) is 234 Å². The third-order valence-corrected chi connectivity index (χ3v) is 14.3. The van der Waals surface area contributed by atoms with Gasteiger partial charge in [-0.1, -0.05) is 164 Å². The second kappa shape index (κ2) is 12.5. The normalized spacial score (nSPS) is 13.0. The van der Waals surface area contributed by atoms with Gasteiger partial charge in [-0.15, -0.1) is 0 Å². The van der Waals surface area contributed by atoms with Gasteiger partial charge in [0.2, 0.25) is 0 Å². The molecule has 254 valence electrons. The van der Waals surface area contributed by atoms with Crippen LogP contribution in [0.3, 0.4) is 0 Å². The average molecular weight is 709 g/mol. The van der Waals surface area contributed by atoms with E-state index in [4.69, 9.17) is 6.57 Å². The van der Waals surface area contributed by atoms with Crippen LogP contribution in [0.15, 0.2) is 200 Å². The van der Waals surface area contributed by atoms with Gasteiger partial charge in [0.25, 0.3) is 0 Å². The molecule has 0 spiro atoms. The second-order valence-corrected chi connectivity index (χ2v) is 16.7. The number of nitrogens with zero attached hydrogens (tertiary/aromatic N) is 2. The van der Waals surface area contributed by atoms with Crippen molar-refractivity contribution in [1.29, 1.82) is 0 Å². The van der Waals surface area contributed by atoms with Crippen molar-refractivity contribution in [1.82, 2.24) is 4.57 Å². The van der Waals surface area contributed by atoms with Gasteiger partial charge in [0, 0.05) is 27.0 Å². The lowest BCUT2D eigenvalue weighted by Gasteiger charge is -2.34. The molecule has 0 fully saturated rings. The Kier molecular flexibility index (Phi) is 7.37. The molecule has 0 aliphatic heterocycles. The molecule has 0 saturated heterocycles. The molecule has 0 amide bonds. The molecule has 0 saturated carbocycles. The van der Waals surface area contributed by atoms with Crippen molar-refractivity contribution in [2.45, 2.75) is 5.41 Å². The first-order valence-corrected chi connectivity index (χ1v) is 19.9. The van der Waals surface area contributed by atoms with Crippen LogP contribution in [0.5, 0.6) is 0 Å². The van der Waals surface area contributed by atoms with Crippen molar-refractivity contribution < 1.29 is 4.57 Å². The van der Waals surface area contributed by atoms with Crippen molar-refractivity contribution in [2.24, 2.45) is 0 Å². The Hall–Kier alpha value is -6.72. The van der Waals surface area contributed by atoms with Gasteiger partial charge in [-0.05, 0) is 75.2 Å². The maximum atomic E-state index is 15.4. The quantitative estimate of drug-likeness (QED) is 0.125. The Labute approximate surface area is 314 Å². The number of para-hydroxylation sites is 1. The van der Waals surface area contributed by atoms with Crippen LogP contribution in [0, 0.1) is 6.57 Å². The zero-order chi connectivity index (χ0) is 36.3. The van der Waals surface area contributed by atoms with Crippen LogP contribution in [0.25, 0.3) is 43.5 Å². The van der Waals surface area contributed by atoms with Crippen LogP contribution < -0.4 is 15.9 Å². The number of fused-ring (bicyclic) bond motifs is 6. The monoisotopic (exact) mass is 708 g/mol. The lowest BCUT2D eigenvalue weighted by Crippen LogP contribution is -2.30. The van der Waals surface area contributed by atoms with Gasteiger partial charge in [0.05, 0.1) is 23.0 Å². The maximum absolute atomic E-state index is 15.4. The topological polar surface area (TPSA) is 26.4 Å². The second-order valence-electron chi connectivity index (χ2n) is 13.9. The van der Waals surface area contributed by atoms with E-state index in [1.165, 1.54) is 22.3 Å². The first kappa shape index (κ1) is 32.0. The maximum Gasteiger partial charge on any atom is 0.188 e. The van der Waals surface area contributed by atoms with Crippen LogP contribution in [0.1, 0.15) is 22.3 Å². The van der Waals surface area contributed by atoms with Gasteiger partial charge in [-0.2, -0.15) is 0 Å². The lowest BCUT2D eigenvalue weighted by atomic mass is 9.67. The zero-order valence-electron chi connectivity index (χ0n) is 29.3. The van der Waals surface area contributed by atoms with Crippen LogP contribution in [-0.2, 0) is 9.98 Å². The van der Waals surface area contributed by atoms with Gasteiger partial charge in [0.15, 0.2) is 12.8 Å². The molecule has 0 N–H and O–H groups in total. The molecule has 1 heterocycles. The molecule has 0 bridgehead atoms. The minimum absolute atomic E-state index is 0.614. The van der Waals surface area contributed by atoms with E-state index in [0.717, 1.165) is 54.5 Å². The largest absolute Gasteiger partial charge is 0.309 e. The van der Waals surface area contributed by atoms with E-state index in [1.54, 1.807) is 0 Å². The molecule has 3 nitrogen and oxygen atoms in total. The molecule has 1 aromatic heterocycles. The molecule has 0 atom stereocenters. The molecule has 9 aromatic rings. The van der Waals surface area contributed by atoms with Gasteiger partial charge >= 0.3 is 0 Å². The standard InChI is InChI=1S/C50H33N2OP/c1-51-37-28-32-49-45(34-37)44-33-36(27-31-48(44)52(49)38-15-5-2-6-16-38)50(46-23-13-11-21-42(46)43-22-12-14-24-47(43)50)35-25-29-41(30-26-35)54(53,39-17-7-3-8-18-39)40-19-9-4-10-20-40/h2-34H. The SMILES string of the molecule is [C-]#[N+]c1ccc2c(c1)c1cc(C3(c4ccc(P(=O)(c5ccccc5)c5ccccc5)cc4)c4ccccc4-c4ccccc43)ccc1n2-c1ccccc1. The van der Waals surface area contributed by atoms with E-state index in [0.29, 0.717) is 5.69 Å². The third-order valence-electron chi connectivity index (χ3n) is 11.2. The summed E-state index contributed by atoms with van der Waals surface area (Å²) in [6, 6.07) is 69.1. The van der Waals surface area contributed by atoms with E-state index < -0.39 is 12.6 Å². The molecular formula is C50H33N2OP. The highest BCUT2D eigenvalue weighted by molar-refractivity contribution is 7.85. The molecule has 4 heteroatoms. The zero-order valence-corrected chi connectivity index (χ0v) is 30.2. The summed E-state index contributed by atoms with van der Waals surface area (Å²) in [6.07, 6.45) is 0. The number of hydrogen-bond acceptors (Lipinski definition) is 1. The minimum atomic E-state index is -3.18. The Morgan fingerprint density at radius 2 is 0.926 bits per heavy atom. The molecule has 10 rings (SSSR count). The van der Waals surface area contributed by atoms with E-state index in [-0.39, 0.29) is 0 Å². The summed E-state index contributed by atoms with van der Waals surface area (Å²) in [6.45, 7) is 7.85. The Morgan fingerprint density at radius 3 is 1.50 bits per heavy atom. The Balaban J connectivity index is 1.26. The lowest BCUT2D eigenvalue weighted by molar-refractivity contribution is 0.592. The van der Waals surface area contributed by atoms with Crippen LogP contribution in [0.4, 0.5) is 5.69 Å². The summed E-state index contributed by atoms with van der Waals surface area (Å²) in [7, 11) is -3.18. The highest BCUT2D eigenvalue weighted by Crippen LogP contribution is 2.57. The van der Waals surface area contributed by atoms with E-state index in [2.05, 4.69) is 131 Å². The molecule has 1 aliphatic carbocycles. The van der Waals surface area contributed by atoms with Crippen molar-refractivity contribution >= 4 is 50.5 Å².